The third-order valence-electron chi connectivity index (χ3n) is 4.74. The molecule has 0 aromatic rings. The van der Waals surface area contributed by atoms with Gasteiger partial charge in [0.15, 0.2) is 5.79 Å². The minimum absolute atomic E-state index is 0.0605. The van der Waals surface area contributed by atoms with Gasteiger partial charge >= 0.3 is 6.18 Å². The molecule has 0 unspecified atom stereocenters. The molecule has 0 radical (unpaired) electrons. The van der Waals surface area contributed by atoms with Crippen molar-refractivity contribution in [3.05, 3.63) is 0 Å². The number of ketones is 2. The monoisotopic (exact) mass is 294 g/mol. The number of hydrogen-bond acceptors (Lipinski definition) is 4. The molecule has 2 aliphatic rings. The molecule has 0 bridgehead atoms. The summed E-state index contributed by atoms with van der Waals surface area (Å²) in [5.74, 6) is -4.03. The Hall–Kier alpha value is -0.950. The third-order valence-corrected chi connectivity index (χ3v) is 4.74. The Morgan fingerprint density at radius 3 is 2.20 bits per heavy atom. The molecule has 114 valence electrons. The molecule has 0 heterocycles. The first-order valence-corrected chi connectivity index (χ1v) is 6.45. The molecule has 7 heteroatoms. The van der Waals surface area contributed by atoms with Gasteiger partial charge in [-0.05, 0) is 6.42 Å². The van der Waals surface area contributed by atoms with E-state index in [9.17, 15) is 22.8 Å². The summed E-state index contributed by atoms with van der Waals surface area (Å²) < 4.78 is 50.8. The molecule has 20 heavy (non-hydrogen) atoms. The van der Waals surface area contributed by atoms with Gasteiger partial charge in [-0.3, -0.25) is 9.59 Å². The third kappa shape index (κ3) is 1.98. The van der Waals surface area contributed by atoms with Crippen LogP contribution in [0.2, 0.25) is 0 Å². The quantitative estimate of drug-likeness (QED) is 0.733. The highest BCUT2D eigenvalue weighted by Crippen LogP contribution is 2.58. The number of halogens is 3. The van der Waals surface area contributed by atoms with Crippen LogP contribution >= 0.6 is 0 Å². The van der Waals surface area contributed by atoms with Gasteiger partial charge in [-0.2, -0.15) is 13.2 Å². The lowest BCUT2D eigenvalue weighted by atomic mass is 9.56. The van der Waals surface area contributed by atoms with E-state index in [-0.39, 0.29) is 25.7 Å². The van der Waals surface area contributed by atoms with Gasteiger partial charge in [0.2, 0.25) is 0 Å². The Bertz CT molecular complexity index is 428. The summed E-state index contributed by atoms with van der Waals surface area (Å²) >= 11 is 0. The van der Waals surface area contributed by atoms with Gasteiger partial charge in [0.1, 0.15) is 17.0 Å². The van der Waals surface area contributed by atoms with Crippen molar-refractivity contribution < 1.29 is 32.2 Å². The molecule has 0 N–H and O–H groups in total. The van der Waals surface area contributed by atoms with Crippen LogP contribution in [-0.4, -0.2) is 37.7 Å². The smallest absolute Gasteiger partial charge is 0.353 e. The van der Waals surface area contributed by atoms with Crippen LogP contribution in [0, 0.1) is 11.3 Å². The van der Waals surface area contributed by atoms with E-state index in [2.05, 4.69) is 0 Å². The molecular formula is C13H17F3O4. The summed E-state index contributed by atoms with van der Waals surface area (Å²) in [7, 11) is 2.67. The second-order valence-electron chi connectivity index (χ2n) is 5.43. The Balaban J connectivity index is 2.46. The van der Waals surface area contributed by atoms with E-state index in [1.165, 1.54) is 14.2 Å². The van der Waals surface area contributed by atoms with E-state index >= 15 is 0 Å². The van der Waals surface area contributed by atoms with Crippen LogP contribution in [0.25, 0.3) is 0 Å². The van der Waals surface area contributed by atoms with Crippen LogP contribution in [0.15, 0.2) is 0 Å². The Labute approximate surface area is 114 Å². The van der Waals surface area contributed by atoms with Crippen molar-refractivity contribution in [2.45, 2.75) is 44.1 Å². The molecule has 0 aliphatic heterocycles. The summed E-state index contributed by atoms with van der Waals surface area (Å²) in [6.45, 7) is 0. The summed E-state index contributed by atoms with van der Waals surface area (Å²) in [5.41, 5.74) is -2.55. The normalized spacial score (nSPS) is 34.0. The van der Waals surface area contributed by atoms with E-state index in [4.69, 9.17) is 9.47 Å². The fourth-order valence-electron chi connectivity index (χ4n) is 3.46. The SMILES string of the molecule is COC1(OC)CC[C@]2(C(F)(F)F)C(=O)CCC(=O)[C@@H]2C1. The minimum Gasteiger partial charge on any atom is -0.353 e. The van der Waals surface area contributed by atoms with Crippen molar-refractivity contribution in [1.29, 1.82) is 0 Å². The number of methoxy groups -OCH3 is 2. The first-order valence-electron chi connectivity index (χ1n) is 6.45. The zero-order valence-corrected chi connectivity index (χ0v) is 11.4. The van der Waals surface area contributed by atoms with Gasteiger partial charge in [-0.15, -0.1) is 0 Å². The highest BCUT2D eigenvalue weighted by Gasteiger charge is 2.69. The van der Waals surface area contributed by atoms with Crippen molar-refractivity contribution in [3.8, 4) is 0 Å². The summed E-state index contributed by atoms with van der Waals surface area (Å²) in [4.78, 5) is 24.0. The maximum atomic E-state index is 13.5. The van der Waals surface area contributed by atoms with Crippen LogP contribution in [-0.2, 0) is 19.1 Å². The average Bonchev–Trinajstić information content (AvgIpc) is 2.41. The Morgan fingerprint density at radius 2 is 1.70 bits per heavy atom. The molecule has 0 amide bonds. The summed E-state index contributed by atoms with van der Waals surface area (Å²) in [6, 6.07) is 0. The van der Waals surface area contributed by atoms with Crippen LogP contribution in [0.4, 0.5) is 13.2 Å². The van der Waals surface area contributed by atoms with Gasteiger partial charge in [0.25, 0.3) is 0 Å². The van der Waals surface area contributed by atoms with E-state index in [0.29, 0.717) is 0 Å². The zero-order chi connectivity index (χ0) is 15.2. The number of hydrogen-bond donors (Lipinski definition) is 0. The van der Waals surface area contributed by atoms with Gasteiger partial charge < -0.3 is 9.47 Å². The number of ether oxygens (including phenoxy) is 2. The molecule has 2 saturated carbocycles. The zero-order valence-electron chi connectivity index (χ0n) is 11.4. The lowest BCUT2D eigenvalue weighted by Crippen LogP contribution is -2.61. The lowest BCUT2D eigenvalue weighted by molar-refractivity contribution is -0.291. The standard InChI is InChI=1S/C13H17F3O4/c1-19-11(20-2)5-6-12(13(14,15)16)8(7-11)9(17)3-4-10(12)18/h8H,3-7H2,1-2H3/t8-,12+/m0/s1. The van der Waals surface area contributed by atoms with Crippen LogP contribution in [0.5, 0.6) is 0 Å². The van der Waals surface area contributed by atoms with E-state index in [1.807, 2.05) is 0 Å². The van der Waals surface area contributed by atoms with Gasteiger partial charge in [-0.25, -0.2) is 0 Å². The highest BCUT2D eigenvalue weighted by molar-refractivity contribution is 5.99. The number of fused-ring (bicyclic) bond motifs is 1. The fraction of sp³-hybridized carbons (Fsp3) is 0.846. The second kappa shape index (κ2) is 4.80. The van der Waals surface area contributed by atoms with Crippen LogP contribution in [0.1, 0.15) is 32.1 Å². The Kier molecular flexibility index (Phi) is 3.71. The van der Waals surface area contributed by atoms with Gasteiger partial charge in [-0.1, -0.05) is 0 Å². The van der Waals surface area contributed by atoms with E-state index < -0.39 is 41.3 Å². The summed E-state index contributed by atoms with van der Waals surface area (Å²) in [5, 5.41) is 0. The minimum atomic E-state index is -4.72. The average molecular weight is 294 g/mol. The predicted octanol–water partition coefficient (Wildman–Crippen LogP) is 2.26. The lowest BCUT2D eigenvalue weighted by Gasteiger charge is -2.50. The number of rotatable bonds is 2. The maximum Gasteiger partial charge on any atom is 0.402 e. The largest absolute Gasteiger partial charge is 0.402 e. The van der Waals surface area contributed by atoms with Crippen LogP contribution < -0.4 is 0 Å². The maximum absolute atomic E-state index is 13.5. The van der Waals surface area contributed by atoms with E-state index in [1.54, 1.807) is 0 Å². The molecule has 2 atom stereocenters. The molecule has 4 nitrogen and oxygen atoms in total. The number of Topliss-reactive ketones (excluding diaryl/α,β-unsaturated/α-hetero) is 2. The molecule has 2 aliphatic carbocycles. The second-order valence-corrected chi connectivity index (χ2v) is 5.43. The predicted molar refractivity (Wildman–Crippen MR) is 61.8 cm³/mol. The van der Waals surface area contributed by atoms with Gasteiger partial charge in [0.05, 0.1) is 0 Å². The number of carbonyl (C=O) groups is 2. The van der Waals surface area contributed by atoms with Crippen LogP contribution in [0.3, 0.4) is 0 Å². The molecule has 2 rings (SSSR count). The van der Waals surface area contributed by atoms with Crippen molar-refractivity contribution in [2.24, 2.45) is 11.3 Å². The van der Waals surface area contributed by atoms with Crippen molar-refractivity contribution >= 4 is 11.6 Å². The first kappa shape index (κ1) is 15.4. The topological polar surface area (TPSA) is 52.6 Å². The molecule has 0 saturated heterocycles. The first-order chi connectivity index (χ1) is 9.22. The number of carbonyl (C=O) groups excluding carboxylic acids is 2. The highest BCUT2D eigenvalue weighted by atomic mass is 19.4. The van der Waals surface area contributed by atoms with Gasteiger partial charge in [0, 0.05) is 45.8 Å². The molecule has 2 fully saturated rings. The molecule has 0 aromatic carbocycles. The van der Waals surface area contributed by atoms with Crippen molar-refractivity contribution in [3.63, 3.8) is 0 Å². The Morgan fingerprint density at radius 1 is 1.10 bits per heavy atom. The molecular weight excluding hydrogens is 277 g/mol. The van der Waals surface area contributed by atoms with Crippen molar-refractivity contribution in [1.82, 2.24) is 0 Å². The summed E-state index contributed by atoms with van der Waals surface area (Å²) in [6.07, 6.45) is -5.95. The van der Waals surface area contributed by atoms with Crippen molar-refractivity contribution in [2.75, 3.05) is 14.2 Å². The molecule has 0 spiro atoms. The fourth-order valence-corrected chi connectivity index (χ4v) is 3.46. The van der Waals surface area contributed by atoms with E-state index in [0.717, 1.165) is 0 Å². The molecule has 0 aromatic heterocycles. The number of alkyl halides is 3.